The second kappa shape index (κ2) is 15.5. The van der Waals surface area contributed by atoms with Crippen LogP contribution in [0.4, 0.5) is 0 Å². The fourth-order valence-electron chi connectivity index (χ4n) is 4.10. The van der Waals surface area contributed by atoms with Gasteiger partial charge in [-0.3, -0.25) is 9.89 Å². The minimum Gasteiger partial charge on any atom is -0.378 e. The summed E-state index contributed by atoms with van der Waals surface area (Å²) in [5.74, 6) is 0.951. The first-order chi connectivity index (χ1) is 13.2. The van der Waals surface area contributed by atoms with Gasteiger partial charge in [0.25, 0.3) is 0 Å². The van der Waals surface area contributed by atoms with E-state index in [4.69, 9.17) is 4.74 Å². The van der Waals surface area contributed by atoms with Gasteiger partial charge in [-0.25, -0.2) is 0 Å². The number of guanidine groups is 1. The number of piperidine rings is 1. The molecule has 0 amide bonds. The Labute approximate surface area is 190 Å². The molecule has 5 nitrogen and oxygen atoms in total. The Morgan fingerprint density at radius 3 is 2.43 bits per heavy atom. The van der Waals surface area contributed by atoms with Gasteiger partial charge in [0.1, 0.15) is 0 Å². The fraction of sp³-hybridized carbons (Fsp3) is 0.864. The number of nitrogens with zero attached hydrogens (tertiary/aromatic N) is 2. The Kier molecular flexibility index (Phi) is 14.2. The topological polar surface area (TPSA) is 48.9 Å². The average Bonchev–Trinajstić information content (AvgIpc) is 2.68. The van der Waals surface area contributed by atoms with Gasteiger partial charge in [-0.05, 0) is 51.9 Å². The van der Waals surface area contributed by atoms with Crippen molar-refractivity contribution in [1.29, 1.82) is 0 Å². The fourth-order valence-corrected chi connectivity index (χ4v) is 4.10. The zero-order chi connectivity index (χ0) is 19.3. The maximum Gasteiger partial charge on any atom is 0.191 e. The van der Waals surface area contributed by atoms with Gasteiger partial charge >= 0.3 is 0 Å². The molecule has 6 heteroatoms. The molecule has 1 aliphatic heterocycles. The lowest BCUT2D eigenvalue weighted by molar-refractivity contribution is 0.0264. The monoisotopic (exact) mass is 506 g/mol. The Morgan fingerprint density at radius 1 is 1.07 bits per heavy atom. The zero-order valence-corrected chi connectivity index (χ0v) is 20.5. The Bertz CT molecular complexity index is 444. The molecule has 1 aliphatic carbocycles. The number of halogens is 1. The van der Waals surface area contributed by atoms with Crippen LogP contribution in [0, 0.1) is 0 Å². The number of likely N-dealkylation sites (tertiary alicyclic amines) is 1. The summed E-state index contributed by atoms with van der Waals surface area (Å²) in [7, 11) is 1.86. The van der Waals surface area contributed by atoms with Crippen LogP contribution in [0.3, 0.4) is 0 Å². The highest BCUT2D eigenvalue weighted by atomic mass is 127. The van der Waals surface area contributed by atoms with Crippen molar-refractivity contribution in [1.82, 2.24) is 15.5 Å². The van der Waals surface area contributed by atoms with Gasteiger partial charge < -0.3 is 15.4 Å². The van der Waals surface area contributed by atoms with Crippen molar-refractivity contribution in [3.8, 4) is 0 Å². The summed E-state index contributed by atoms with van der Waals surface area (Å²) in [6.45, 7) is 11.4. The molecule has 1 saturated heterocycles. The SMILES string of the molecule is C=C(C)CN1CCC(NC(=NC)NCCCCCOC2CCCCC2)CC1.I. The predicted molar refractivity (Wildman–Crippen MR) is 131 cm³/mol. The van der Waals surface area contributed by atoms with E-state index < -0.39 is 0 Å². The van der Waals surface area contributed by atoms with E-state index in [0.29, 0.717) is 12.1 Å². The van der Waals surface area contributed by atoms with Crippen molar-refractivity contribution in [3.63, 3.8) is 0 Å². The largest absolute Gasteiger partial charge is 0.378 e. The highest BCUT2D eigenvalue weighted by Gasteiger charge is 2.19. The summed E-state index contributed by atoms with van der Waals surface area (Å²) in [5, 5.41) is 7.06. The summed E-state index contributed by atoms with van der Waals surface area (Å²) in [6.07, 6.45) is 13.1. The first-order valence-electron chi connectivity index (χ1n) is 11.1. The summed E-state index contributed by atoms with van der Waals surface area (Å²) < 4.78 is 6.00. The lowest BCUT2D eigenvalue weighted by atomic mass is 9.98. The van der Waals surface area contributed by atoms with Gasteiger partial charge in [-0.15, -0.1) is 24.0 Å². The number of rotatable bonds is 10. The minimum absolute atomic E-state index is 0. The molecular weight excluding hydrogens is 463 g/mol. The third kappa shape index (κ3) is 11.0. The number of hydrogen-bond acceptors (Lipinski definition) is 3. The van der Waals surface area contributed by atoms with Crippen LogP contribution < -0.4 is 10.6 Å². The smallest absolute Gasteiger partial charge is 0.191 e. The van der Waals surface area contributed by atoms with Crippen molar-refractivity contribution in [3.05, 3.63) is 12.2 Å². The molecule has 1 heterocycles. The highest BCUT2D eigenvalue weighted by Crippen LogP contribution is 2.20. The molecule has 0 atom stereocenters. The maximum atomic E-state index is 6.00. The van der Waals surface area contributed by atoms with Crippen LogP contribution in [0.2, 0.25) is 0 Å². The quantitative estimate of drug-likeness (QED) is 0.152. The molecule has 2 aliphatic rings. The van der Waals surface area contributed by atoms with Gasteiger partial charge in [-0.2, -0.15) is 0 Å². The van der Waals surface area contributed by atoms with Gasteiger partial charge in [-0.1, -0.05) is 31.4 Å². The molecule has 0 unspecified atom stereocenters. The molecule has 0 aromatic rings. The molecule has 0 radical (unpaired) electrons. The maximum absolute atomic E-state index is 6.00. The van der Waals surface area contributed by atoms with Gasteiger partial charge in [0, 0.05) is 45.9 Å². The normalized spacial score (nSPS) is 19.9. The lowest BCUT2D eigenvalue weighted by Gasteiger charge is -2.33. The summed E-state index contributed by atoms with van der Waals surface area (Å²) in [4.78, 5) is 6.88. The second-order valence-corrected chi connectivity index (χ2v) is 8.34. The summed E-state index contributed by atoms with van der Waals surface area (Å²) >= 11 is 0. The van der Waals surface area contributed by atoms with E-state index in [2.05, 4.69) is 34.0 Å². The third-order valence-corrected chi connectivity index (χ3v) is 5.66. The van der Waals surface area contributed by atoms with E-state index in [1.165, 1.54) is 69.8 Å². The predicted octanol–water partition coefficient (Wildman–Crippen LogP) is 4.33. The number of aliphatic imine (C=N–C) groups is 1. The Hall–Kier alpha value is -0.340. The standard InChI is InChI=1S/C22H42N4O.HI/c1-19(2)18-26-15-12-20(13-16-26)25-22(23-3)24-14-8-5-9-17-27-21-10-6-4-7-11-21;/h20-21H,1,4-18H2,2-3H3,(H2,23,24,25);1H. The molecular formula is C22H43IN4O. The van der Waals surface area contributed by atoms with E-state index >= 15 is 0 Å². The van der Waals surface area contributed by atoms with Crippen LogP contribution in [-0.2, 0) is 4.74 Å². The number of unbranched alkanes of at least 4 members (excludes halogenated alkanes) is 2. The van der Waals surface area contributed by atoms with Crippen LogP contribution in [0.1, 0.15) is 71.1 Å². The van der Waals surface area contributed by atoms with Crippen LogP contribution in [0.25, 0.3) is 0 Å². The molecule has 0 aromatic heterocycles. The Balaban J connectivity index is 0.00000392. The molecule has 2 rings (SSSR count). The first kappa shape index (κ1) is 25.7. The number of nitrogens with one attached hydrogen (secondary N) is 2. The molecule has 28 heavy (non-hydrogen) atoms. The van der Waals surface area contributed by atoms with E-state index in [1.807, 2.05) is 7.05 Å². The van der Waals surface area contributed by atoms with Crippen LogP contribution in [0.15, 0.2) is 17.1 Å². The molecule has 0 aromatic carbocycles. The molecule has 164 valence electrons. The molecule has 0 spiro atoms. The molecule has 2 N–H and O–H groups in total. The van der Waals surface area contributed by atoms with Crippen LogP contribution in [0.5, 0.6) is 0 Å². The average molecular weight is 507 g/mol. The minimum atomic E-state index is 0. The second-order valence-electron chi connectivity index (χ2n) is 8.34. The molecule has 2 fully saturated rings. The van der Waals surface area contributed by atoms with Gasteiger partial charge in [0.05, 0.1) is 6.10 Å². The van der Waals surface area contributed by atoms with Crippen molar-refractivity contribution in [2.45, 2.75) is 83.3 Å². The van der Waals surface area contributed by atoms with Crippen molar-refractivity contribution in [2.24, 2.45) is 4.99 Å². The molecule has 1 saturated carbocycles. The van der Waals surface area contributed by atoms with E-state index in [-0.39, 0.29) is 24.0 Å². The third-order valence-electron chi connectivity index (χ3n) is 5.66. The Morgan fingerprint density at radius 2 is 1.79 bits per heavy atom. The number of hydrogen-bond donors (Lipinski definition) is 2. The van der Waals surface area contributed by atoms with Crippen LogP contribution in [-0.4, -0.2) is 62.8 Å². The van der Waals surface area contributed by atoms with E-state index in [1.54, 1.807) is 0 Å². The molecule has 0 bridgehead atoms. The summed E-state index contributed by atoms with van der Waals surface area (Å²) in [6, 6.07) is 0.529. The van der Waals surface area contributed by atoms with E-state index in [9.17, 15) is 0 Å². The number of ether oxygens (including phenoxy) is 1. The van der Waals surface area contributed by atoms with Crippen LogP contribution >= 0.6 is 24.0 Å². The van der Waals surface area contributed by atoms with Crippen molar-refractivity contribution in [2.75, 3.05) is 39.8 Å². The van der Waals surface area contributed by atoms with Gasteiger partial charge in [0.2, 0.25) is 0 Å². The first-order valence-corrected chi connectivity index (χ1v) is 11.1. The summed E-state index contributed by atoms with van der Waals surface area (Å²) in [5.41, 5.74) is 1.25. The lowest BCUT2D eigenvalue weighted by Crippen LogP contribution is -2.49. The van der Waals surface area contributed by atoms with Crippen molar-refractivity contribution < 1.29 is 4.74 Å². The van der Waals surface area contributed by atoms with Crippen molar-refractivity contribution >= 4 is 29.9 Å². The van der Waals surface area contributed by atoms with E-state index in [0.717, 1.165) is 38.7 Å². The highest BCUT2D eigenvalue weighted by molar-refractivity contribution is 14.0. The zero-order valence-electron chi connectivity index (χ0n) is 18.2. The van der Waals surface area contributed by atoms with Gasteiger partial charge in [0.15, 0.2) is 5.96 Å².